The number of ketones is 1. The van der Waals surface area contributed by atoms with Gasteiger partial charge in [0.2, 0.25) is 17.7 Å². The number of aryl methyl sites for hydroxylation is 1. The number of ether oxygens (including phenoxy) is 2. The van der Waals surface area contributed by atoms with Crippen LogP contribution in [0.15, 0.2) is 66.9 Å². The van der Waals surface area contributed by atoms with Crippen molar-refractivity contribution in [3.8, 4) is 0 Å². The summed E-state index contributed by atoms with van der Waals surface area (Å²) in [5.41, 5.74) is 1.68. The number of fused-ring (bicyclic) bond motifs is 2. The van der Waals surface area contributed by atoms with E-state index in [1.165, 1.54) is 0 Å². The molecule has 5 N–H and O–H groups in total. The van der Waals surface area contributed by atoms with E-state index in [-0.39, 0.29) is 71.9 Å². The van der Waals surface area contributed by atoms with Crippen molar-refractivity contribution in [3.63, 3.8) is 0 Å². The van der Waals surface area contributed by atoms with Crippen LogP contribution < -0.4 is 26.6 Å². The van der Waals surface area contributed by atoms with Crippen LogP contribution in [0.25, 0.3) is 0 Å². The lowest BCUT2D eigenvalue weighted by molar-refractivity contribution is -0.142. The molecular weight excluding hydrogens is 1000 g/mol. The Morgan fingerprint density at radius 1 is 0.767 bits per heavy atom. The van der Waals surface area contributed by atoms with Crippen LogP contribution in [0.3, 0.4) is 0 Å². The van der Waals surface area contributed by atoms with E-state index in [0.29, 0.717) is 61.1 Å². The molecule has 0 saturated carbocycles. The van der Waals surface area contributed by atoms with Gasteiger partial charge in [-0.3, -0.25) is 23.9 Å². The molecule has 4 saturated heterocycles. The summed E-state index contributed by atoms with van der Waals surface area (Å²) in [4.78, 5) is 62.4. The summed E-state index contributed by atoms with van der Waals surface area (Å²) in [5.74, 6) is 1.05. The average Bonchev–Trinajstić information content (AvgIpc) is 3.96. The smallest absolute Gasteiger partial charge is 0.246 e. The maximum absolute atomic E-state index is 14.6. The van der Waals surface area contributed by atoms with Crippen molar-refractivity contribution in [2.24, 2.45) is 10.8 Å². The Bertz CT molecular complexity index is 2380. The molecule has 73 heavy (non-hydrogen) atoms. The zero-order valence-electron chi connectivity index (χ0n) is 43.6. The van der Waals surface area contributed by atoms with Crippen molar-refractivity contribution in [3.05, 3.63) is 83.7 Å². The molecule has 20 heteroatoms. The quantitative estimate of drug-likeness (QED) is 0.0570. The lowest BCUT2D eigenvalue weighted by atomic mass is 9.79. The number of likely N-dealkylation sites (N-methyl/N-ethyl adjacent to an activating group) is 2. The highest BCUT2D eigenvalue weighted by Crippen LogP contribution is 2.48. The summed E-state index contributed by atoms with van der Waals surface area (Å²) in [5, 5.41) is 24.7. The first-order chi connectivity index (χ1) is 34.9. The van der Waals surface area contributed by atoms with E-state index in [2.05, 4.69) is 64.6 Å². The lowest BCUT2D eigenvalue weighted by Gasteiger charge is -2.35. The van der Waals surface area contributed by atoms with E-state index in [0.717, 1.165) is 29.1 Å². The van der Waals surface area contributed by atoms with E-state index < -0.39 is 41.0 Å². The third-order valence-corrected chi connectivity index (χ3v) is 18.2. The monoisotopic (exact) mass is 1080 g/mol. The van der Waals surface area contributed by atoms with Crippen LogP contribution in [0.2, 0.25) is 0 Å². The van der Waals surface area contributed by atoms with Gasteiger partial charge in [-0.2, -0.15) is 0 Å². The molecule has 0 aliphatic carbocycles. The van der Waals surface area contributed by atoms with Crippen molar-refractivity contribution < 1.29 is 28.7 Å². The van der Waals surface area contributed by atoms with E-state index in [1.807, 2.05) is 99.7 Å². The predicted octanol–water partition coefficient (Wildman–Crippen LogP) is 5.77. The van der Waals surface area contributed by atoms with E-state index in [4.69, 9.17) is 33.9 Å². The molecule has 0 bridgehead atoms. The number of thiocarbonyl (C=S) groups is 2. The molecule has 0 radical (unpaired) electrons. The third-order valence-electron chi connectivity index (χ3n) is 14.8. The molecule has 3 amide bonds. The lowest BCUT2D eigenvalue weighted by Crippen LogP contribution is -2.58. The van der Waals surface area contributed by atoms with Gasteiger partial charge >= 0.3 is 0 Å². The Balaban J connectivity index is 0.920. The molecule has 4 fully saturated rings. The third kappa shape index (κ3) is 14.1. The number of rotatable bonds is 23. The normalized spacial score (nSPS) is 25.1. The summed E-state index contributed by atoms with van der Waals surface area (Å²) in [6.45, 7) is 14.0. The van der Waals surface area contributed by atoms with E-state index in [9.17, 15) is 19.2 Å². The first-order valence-electron chi connectivity index (χ1n) is 25.7. The number of benzene rings is 2. The molecule has 398 valence electrons. The minimum atomic E-state index is -0.686. The highest BCUT2D eigenvalue weighted by Gasteiger charge is 2.56. The van der Waals surface area contributed by atoms with Crippen LogP contribution in [0.4, 0.5) is 0 Å². The predicted molar refractivity (Wildman–Crippen MR) is 297 cm³/mol. The number of Topliss-reactive ketones (excluding diaryl/α,β-unsaturated/α-hetero) is 1. The Labute approximate surface area is 451 Å². The Hall–Kier alpha value is -4.02. The fourth-order valence-corrected chi connectivity index (χ4v) is 14.2. The topological polar surface area (TPSA) is 184 Å². The number of thioether (sulfide) groups is 2. The zero-order chi connectivity index (χ0) is 52.5. The van der Waals surface area contributed by atoms with Crippen LogP contribution in [0.5, 0.6) is 0 Å². The van der Waals surface area contributed by atoms with Gasteiger partial charge in [0.1, 0.15) is 23.8 Å². The van der Waals surface area contributed by atoms with Crippen LogP contribution >= 0.6 is 48.0 Å². The number of hydrogen-bond donors (Lipinski definition) is 5. The average molecular weight is 1080 g/mol. The molecule has 16 nitrogen and oxygen atoms in total. The number of nitrogens with zero attached hydrogens (tertiary/aromatic N) is 5. The molecule has 3 aromatic rings. The van der Waals surface area contributed by atoms with Crippen molar-refractivity contribution >= 4 is 81.4 Å². The van der Waals surface area contributed by atoms with Gasteiger partial charge in [-0.15, -0.1) is 28.6 Å². The molecule has 4 aliphatic heterocycles. The van der Waals surface area contributed by atoms with Gasteiger partial charge in [0.15, 0.2) is 5.78 Å². The molecule has 2 aromatic carbocycles. The van der Waals surface area contributed by atoms with E-state index in [1.54, 1.807) is 33.1 Å². The standard InChI is InChI=1S/C53H76N10O6S4/c1-33(54-7)48(70)57-39-20-24-72-43-27-52(3,4)45(62(43)50(39)66)42(64)26-37(35-16-11-9-12-17-35)30-68-23-15-22-61-29-38(59-60-61)31-69-32-41(36-18-13-10-14-19-36)56-47(65)46-53(5,6)28-44-63(46)51(67)40(21-25-73-44)58-49(71)34(2)55-8/h9-14,16-19,29,33-34,37,39-41,43-46,54-55H,15,20-28,30-32H2,1-8H3,(H,56,65)(H,57,70)(H,58,71)/t33-,34-,37+,39-,40-,41+,43-,44-,45+,46+/m0/s1. The van der Waals surface area contributed by atoms with Crippen molar-refractivity contribution in [1.82, 2.24) is 51.4 Å². The van der Waals surface area contributed by atoms with Crippen LogP contribution in [0.1, 0.15) is 109 Å². The maximum atomic E-state index is 14.6. The van der Waals surface area contributed by atoms with Crippen molar-refractivity contribution in [1.29, 1.82) is 0 Å². The van der Waals surface area contributed by atoms with Gasteiger partial charge in [0, 0.05) is 25.5 Å². The Morgan fingerprint density at radius 3 is 1.86 bits per heavy atom. The maximum Gasteiger partial charge on any atom is 0.246 e. The largest absolute Gasteiger partial charge is 0.381 e. The van der Waals surface area contributed by atoms with Gasteiger partial charge in [0.25, 0.3) is 0 Å². The first-order valence-corrected chi connectivity index (χ1v) is 28.6. The second-order valence-electron chi connectivity index (χ2n) is 21.2. The zero-order valence-corrected chi connectivity index (χ0v) is 46.9. The summed E-state index contributed by atoms with van der Waals surface area (Å²) < 4.78 is 14.3. The van der Waals surface area contributed by atoms with Crippen LogP contribution in [0, 0.1) is 10.8 Å². The number of nitrogens with one attached hydrogen (secondary N) is 5. The SMILES string of the molecule is CN[C@@H](C)C(=S)N[C@H]1CCS[C@H]2CC(C)(C)[C@@H](C(=O)C[C@H](COCCCn3cc(COC[C@@H](NC(=O)[C@H]4N5C(=O)[C@@H](NC(=S)[C@H](C)NC)CCS[C@H]5CC4(C)C)c4ccccc4)nn3)c3ccccc3)N2C1=O. The molecular formula is C53H76N10O6S4. The van der Waals surface area contributed by atoms with Crippen LogP contribution in [-0.4, -0.2) is 151 Å². The van der Waals surface area contributed by atoms with E-state index >= 15 is 0 Å². The summed E-state index contributed by atoms with van der Waals surface area (Å²) in [7, 11) is 3.67. The number of aromatic nitrogens is 3. The Kier molecular flexibility index (Phi) is 19.9. The molecule has 0 unspecified atom stereocenters. The minimum absolute atomic E-state index is 0.0443. The molecule has 1 aromatic heterocycles. The summed E-state index contributed by atoms with van der Waals surface area (Å²) >= 11 is 14.7. The second-order valence-corrected chi connectivity index (χ2v) is 24.7. The highest BCUT2D eigenvalue weighted by molar-refractivity contribution is 8.00. The van der Waals surface area contributed by atoms with Gasteiger partial charge in [-0.1, -0.05) is 118 Å². The van der Waals surface area contributed by atoms with Gasteiger partial charge in [-0.25, -0.2) is 0 Å². The Morgan fingerprint density at radius 2 is 1.30 bits per heavy atom. The molecule has 10 atom stereocenters. The summed E-state index contributed by atoms with van der Waals surface area (Å²) in [6.07, 6.45) is 5.47. The number of carbonyl (C=O) groups excluding carboxylic acids is 4. The first kappa shape index (κ1) is 56.7. The van der Waals surface area contributed by atoms with Gasteiger partial charge < -0.3 is 45.9 Å². The van der Waals surface area contributed by atoms with Crippen molar-refractivity contribution in [2.75, 3.05) is 45.4 Å². The molecule has 4 aliphatic rings. The fraction of sp³-hybridized carbons (Fsp3) is 0.623. The van der Waals surface area contributed by atoms with Gasteiger partial charge in [-0.05, 0) is 93.5 Å². The second kappa shape index (κ2) is 25.7. The highest BCUT2D eigenvalue weighted by atomic mass is 32.2. The van der Waals surface area contributed by atoms with Gasteiger partial charge in [0.05, 0.1) is 70.9 Å². The molecule has 5 heterocycles. The number of amides is 3. The van der Waals surface area contributed by atoms with Crippen LogP contribution in [-0.2, 0) is 41.8 Å². The minimum Gasteiger partial charge on any atom is -0.381 e. The molecule has 7 rings (SSSR count). The number of carbonyl (C=O) groups is 4. The molecule has 0 spiro atoms. The fourth-order valence-electron chi connectivity index (χ4n) is 10.5. The van der Waals surface area contributed by atoms with Crippen molar-refractivity contribution in [2.45, 2.75) is 152 Å². The summed E-state index contributed by atoms with van der Waals surface area (Å²) in [6, 6.07) is 16.8. The number of hydrogen-bond acceptors (Lipinski definition) is 14.